The Hall–Kier alpha value is -1.30. The number of allylic oxidation sites excluding steroid dienone is 4. The van der Waals surface area contributed by atoms with Crippen LogP contribution in [-0.2, 0) is 0 Å². The number of hydrogen-bond donors (Lipinski definition) is 0. The van der Waals surface area contributed by atoms with E-state index in [-0.39, 0.29) is 0 Å². The zero-order valence-corrected chi connectivity index (χ0v) is 8.40. The number of hydrogen-bond acceptors (Lipinski definition) is 0. The van der Waals surface area contributed by atoms with Gasteiger partial charge in [-0.25, -0.2) is 0 Å². The summed E-state index contributed by atoms with van der Waals surface area (Å²) in [5.74, 6) is 1.43. The van der Waals surface area contributed by atoms with E-state index in [0.29, 0.717) is 5.92 Å². The fourth-order valence-electron chi connectivity index (χ4n) is 2.74. The molecule has 70 valence electrons. The van der Waals surface area contributed by atoms with E-state index in [1.54, 1.807) is 11.1 Å². The van der Waals surface area contributed by atoms with Crippen LogP contribution in [0.2, 0.25) is 0 Å². The highest BCUT2D eigenvalue weighted by molar-refractivity contribution is 5.74. The lowest BCUT2D eigenvalue weighted by Gasteiger charge is -2.14. The van der Waals surface area contributed by atoms with Crippen LogP contribution < -0.4 is 0 Å². The fraction of sp³-hybridized carbons (Fsp3) is 0.286. The lowest BCUT2D eigenvalue weighted by molar-refractivity contribution is 0.722. The summed E-state index contributed by atoms with van der Waals surface area (Å²) in [7, 11) is 0. The van der Waals surface area contributed by atoms with Gasteiger partial charge in [-0.1, -0.05) is 48.1 Å². The third-order valence-electron chi connectivity index (χ3n) is 3.41. The van der Waals surface area contributed by atoms with Crippen molar-refractivity contribution in [3.8, 4) is 0 Å². The Bertz CT molecular complexity index is 409. The molecule has 1 aromatic carbocycles. The van der Waals surface area contributed by atoms with Crippen LogP contribution in [0.4, 0.5) is 0 Å². The van der Waals surface area contributed by atoms with Gasteiger partial charge in [0.2, 0.25) is 0 Å². The van der Waals surface area contributed by atoms with Crippen LogP contribution in [0.15, 0.2) is 48.1 Å². The van der Waals surface area contributed by atoms with Crippen molar-refractivity contribution in [3.05, 3.63) is 53.6 Å². The molecule has 0 aromatic heterocycles. The molecular weight excluding hydrogens is 168 g/mol. The monoisotopic (exact) mass is 182 g/mol. The van der Waals surface area contributed by atoms with Gasteiger partial charge in [0.05, 0.1) is 0 Å². The van der Waals surface area contributed by atoms with E-state index in [9.17, 15) is 0 Å². The summed E-state index contributed by atoms with van der Waals surface area (Å²) in [5, 5.41) is 0. The molecular formula is C14H14. The van der Waals surface area contributed by atoms with Crippen molar-refractivity contribution in [2.24, 2.45) is 11.8 Å². The highest BCUT2D eigenvalue weighted by Crippen LogP contribution is 2.47. The lowest BCUT2D eigenvalue weighted by Crippen LogP contribution is -1.97. The van der Waals surface area contributed by atoms with Gasteiger partial charge in [0, 0.05) is 5.92 Å². The molecule has 3 rings (SSSR count). The molecule has 0 heterocycles. The molecule has 1 aromatic rings. The molecule has 0 spiro atoms. The topological polar surface area (TPSA) is 0 Å². The Balaban J connectivity index is 2.00. The second-order valence-corrected chi connectivity index (χ2v) is 4.35. The van der Waals surface area contributed by atoms with Crippen molar-refractivity contribution >= 4 is 5.57 Å². The molecule has 0 heteroatoms. The van der Waals surface area contributed by atoms with Crippen molar-refractivity contribution in [3.63, 3.8) is 0 Å². The second kappa shape index (κ2) is 2.84. The van der Waals surface area contributed by atoms with Crippen LogP contribution in [0.1, 0.15) is 18.9 Å². The predicted molar refractivity (Wildman–Crippen MR) is 59.8 cm³/mol. The Labute approximate surface area is 85.0 Å². The van der Waals surface area contributed by atoms with Gasteiger partial charge in [-0.3, -0.25) is 0 Å². The maximum atomic E-state index is 2.44. The first-order chi connectivity index (χ1) is 6.84. The van der Waals surface area contributed by atoms with Gasteiger partial charge in [-0.2, -0.15) is 0 Å². The Morgan fingerprint density at radius 2 is 1.86 bits per heavy atom. The third-order valence-corrected chi connectivity index (χ3v) is 3.41. The van der Waals surface area contributed by atoms with Gasteiger partial charge in [-0.05, 0) is 30.4 Å². The lowest BCUT2D eigenvalue weighted by atomic mass is 9.90. The summed E-state index contributed by atoms with van der Waals surface area (Å²) in [4.78, 5) is 0. The summed E-state index contributed by atoms with van der Waals surface area (Å²) < 4.78 is 0. The van der Waals surface area contributed by atoms with Gasteiger partial charge in [0.1, 0.15) is 0 Å². The Kier molecular flexibility index (Phi) is 1.63. The molecule has 2 aliphatic rings. The molecule has 0 radical (unpaired) electrons. The quantitative estimate of drug-likeness (QED) is 0.581. The van der Waals surface area contributed by atoms with Gasteiger partial charge < -0.3 is 0 Å². The number of benzene rings is 1. The molecule has 0 saturated carbocycles. The van der Waals surface area contributed by atoms with Crippen molar-refractivity contribution in [2.45, 2.75) is 13.3 Å². The van der Waals surface area contributed by atoms with Crippen LogP contribution in [-0.4, -0.2) is 0 Å². The molecule has 0 amide bonds. The first-order valence-electron chi connectivity index (χ1n) is 5.30. The smallest absolute Gasteiger partial charge is 0.00571 e. The molecule has 0 fully saturated rings. The van der Waals surface area contributed by atoms with Crippen LogP contribution >= 0.6 is 0 Å². The van der Waals surface area contributed by atoms with E-state index in [0.717, 1.165) is 5.92 Å². The van der Waals surface area contributed by atoms with Crippen LogP contribution in [0.25, 0.3) is 5.57 Å². The summed E-state index contributed by atoms with van der Waals surface area (Å²) >= 11 is 0. The molecule has 2 bridgehead atoms. The molecule has 0 nitrogen and oxygen atoms in total. The Morgan fingerprint density at radius 1 is 1.07 bits per heavy atom. The summed E-state index contributed by atoms with van der Waals surface area (Å²) in [6.45, 7) is 2.26. The number of rotatable bonds is 1. The molecule has 2 unspecified atom stereocenters. The molecule has 14 heavy (non-hydrogen) atoms. The molecule has 0 aliphatic heterocycles. The van der Waals surface area contributed by atoms with E-state index < -0.39 is 0 Å². The van der Waals surface area contributed by atoms with Gasteiger partial charge in [0.15, 0.2) is 0 Å². The van der Waals surface area contributed by atoms with Gasteiger partial charge in [-0.15, -0.1) is 0 Å². The first kappa shape index (κ1) is 8.05. The van der Waals surface area contributed by atoms with E-state index in [1.807, 2.05) is 0 Å². The van der Waals surface area contributed by atoms with E-state index >= 15 is 0 Å². The van der Waals surface area contributed by atoms with E-state index in [2.05, 4.69) is 49.4 Å². The van der Waals surface area contributed by atoms with Crippen molar-refractivity contribution in [2.75, 3.05) is 0 Å². The SMILES string of the molecule is CC1=CC2C=C(c3ccccc3)C1C2. The maximum absolute atomic E-state index is 2.44. The summed E-state index contributed by atoms with van der Waals surface area (Å²) in [6.07, 6.45) is 6.17. The van der Waals surface area contributed by atoms with Crippen molar-refractivity contribution < 1.29 is 0 Å². The normalized spacial score (nSPS) is 28.9. The van der Waals surface area contributed by atoms with Crippen LogP contribution in [0.5, 0.6) is 0 Å². The summed E-state index contributed by atoms with van der Waals surface area (Å²) in [5.41, 5.74) is 4.53. The maximum Gasteiger partial charge on any atom is 0.00571 e. The minimum atomic E-state index is 0.711. The minimum absolute atomic E-state index is 0.711. The largest absolute Gasteiger partial charge is 0.0780 e. The first-order valence-corrected chi connectivity index (χ1v) is 5.30. The molecule has 0 N–H and O–H groups in total. The predicted octanol–water partition coefficient (Wildman–Crippen LogP) is 3.67. The van der Waals surface area contributed by atoms with Crippen LogP contribution in [0, 0.1) is 11.8 Å². The average Bonchev–Trinajstić information content (AvgIpc) is 2.77. The molecule has 2 aliphatic carbocycles. The zero-order chi connectivity index (χ0) is 9.54. The Morgan fingerprint density at radius 3 is 2.50 bits per heavy atom. The third kappa shape index (κ3) is 1.07. The van der Waals surface area contributed by atoms with E-state index in [4.69, 9.17) is 0 Å². The molecule has 0 saturated heterocycles. The van der Waals surface area contributed by atoms with Gasteiger partial charge >= 0.3 is 0 Å². The summed E-state index contributed by atoms with van der Waals surface area (Å²) in [6, 6.07) is 10.8. The van der Waals surface area contributed by atoms with Crippen molar-refractivity contribution in [1.82, 2.24) is 0 Å². The highest BCUT2D eigenvalue weighted by Gasteiger charge is 2.32. The fourth-order valence-corrected chi connectivity index (χ4v) is 2.74. The zero-order valence-electron chi connectivity index (χ0n) is 8.40. The highest BCUT2D eigenvalue weighted by atomic mass is 14.4. The standard InChI is InChI=1S/C14H14/c1-10-7-11-8-13(10)14(9-11)12-5-3-2-4-6-12/h2-7,9,11,13H,8H2,1H3. The van der Waals surface area contributed by atoms with E-state index in [1.165, 1.54) is 12.0 Å². The average molecular weight is 182 g/mol. The minimum Gasteiger partial charge on any atom is -0.0780 e. The van der Waals surface area contributed by atoms with Crippen molar-refractivity contribution in [1.29, 1.82) is 0 Å². The number of fused-ring (bicyclic) bond motifs is 2. The molecule has 2 atom stereocenters. The second-order valence-electron chi connectivity index (χ2n) is 4.35. The van der Waals surface area contributed by atoms with Gasteiger partial charge in [0.25, 0.3) is 0 Å². The van der Waals surface area contributed by atoms with Crippen LogP contribution in [0.3, 0.4) is 0 Å².